The third kappa shape index (κ3) is 2.45. The summed E-state index contributed by atoms with van der Waals surface area (Å²) in [7, 11) is 0. The van der Waals surface area contributed by atoms with E-state index in [9.17, 15) is 9.18 Å². The van der Waals surface area contributed by atoms with Gasteiger partial charge in [0.1, 0.15) is 21.9 Å². The van der Waals surface area contributed by atoms with Crippen molar-refractivity contribution in [1.82, 2.24) is 14.5 Å². The molecule has 1 atom stereocenters. The highest BCUT2D eigenvalue weighted by Gasteiger charge is 2.31. The summed E-state index contributed by atoms with van der Waals surface area (Å²) in [5.41, 5.74) is 1.64. The van der Waals surface area contributed by atoms with Gasteiger partial charge in [-0.3, -0.25) is 4.79 Å². The third-order valence-electron chi connectivity index (χ3n) is 4.08. The molecule has 0 bridgehead atoms. The van der Waals surface area contributed by atoms with E-state index in [2.05, 4.69) is 20.5 Å². The number of hydrogen-bond acceptors (Lipinski definition) is 2. The Morgan fingerprint density at radius 1 is 1.36 bits per heavy atom. The first kappa shape index (κ1) is 15.2. The lowest BCUT2D eigenvalue weighted by Crippen LogP contribution is -2.40. The Morgan fingerprint density at radius 3 is 2.68 bits per heavy atom. The Kier molecular flexibility index (Phi) is 4.04. The van der Waals surface area contributed by atoms with Crippen LogP contribution in [0, 0.1) is 5.82 Å². The predicted octanol–water partition coefficient (Wildman–Crippen LogP) is 3.76. The summed E-state index contributed by atoms with van der Waals surface area (Å²) in [5, 5.41) is 0. The highest BCUT2D eigenvalue weighted by atomic mass is 79.9. The van der Waals surface area contributed by atoms with Crippen LogP contribution in [0.5, 0.6) is 0 Å². The number of amides is 1. The fourth-order valence-corrected chi connectivity index (χ4v) is 3.53. The van der Waals surface area contributed by atoms with Crippen molar-refractivity contribution >= 4 is 21.8 Å². The number of nitrogens with zero attached hydrogens (tertiary/aromatic N) is 3. The van der Waals surface area contributed by atoms with Crippen molar-refractivity contribution in [3.63, 3.8) is 0 Å². The molecule has 0 radical (unpaired) electrons. The van der Waals surface area contributed by atoms with Crippen LogP contribution >= 0.6 is 15.9 Å². The van der Waals surface area contributed by atoms with Crippen LogP contribution in [-0.4, -0.2) is 26.9 Å². The zero-order valence-corrected chi connectivity index (χ0v) is 14.1. The molecule has 1 aromatic carbocycles. The van der Waals surface area contributed by atoms with E-state index in [1.54, 1.807) is 12.1 Å². The van der Waals surface area contributed by atoms with Crippen molar-refractivity contribution < 1.29 is 9.18 Å². The van der Waals surface area contributed by atoms with E-state index in [0.29, 0.717) is 19.5 Å². The Balaban J connectivity index is 2.01. The van der Waals surface area contributed by atoms with Crippen LogP contribution in [0.15, 0.2) is 28.9 Å². The highest BCUT2D eigenvalue weighted by Crippen LogP contribution is 2.35. The van der Waals surface area contributed by atoms with Crippen LogP contribution in [0.4, 0.5) is 4.39 Å². The molecule has 116 valence electrons. The van der Waals surface area contributed by atoms with Gasteiger partial charge in [0.15, 0.2) is 0 Å². The fourth-order valence-electron chi connectivity index (χ4n) is 2.86. The second kappa shape index (κ2) is 5.83. The number of fused-ring (bicyclic) bond motifs is 1. The first-order chi connectivity index (χ1) is 10.5. The summed E-state index contributed by atoms with van der Waals surface area (Å²) in [6.45, 7) is 5.25. The molecule has 2 heterocycles. The number of aromatic nitrogens is 2. The minimum Gasteiger partial charge on any atom is -0.331 e. The lowest BCUT2D eigenvalue weighted by Gasteiger charge is -2.33. The SMILES string of the molecule is CCC(=O)N1CCn2c(nc(-c3ccc(F)cc3)c2Br)[C@@H]1C. The fraction of sp³-hybridized carbons (Fsp3) is 0.375. The lowest BCUT2D eigenvalue weighted by molar-refractivity contribution is -0.134. The molecule has 0 fully saturated rings. The van der Waals surface area contributed by atoms with Crippen LogP contribution in [0.1, 0.15) is 32.1 Å². The molecular weight excluding hydrogens is 349 g/mol. The average Bonchev–Trinajstić information content (AvgIpc) is 2.86. The molecule has 0 aliphatic carbocycles. The van der Waals surface area contributed by atoms with Gasteiger partial charge in [0, 0.05) is 25.1 Å². The maximum atomic E-state index is 13.1. The van der Waals surface area contributed by atoms with E-state index in [1.807, 2.05) is 18.7 Å². The average molecular weight is 366 g/mol. The van der Waals surface area contributed by atoms with Crippen molar-refractivity contribution in [2.75, 3.05) is 6.54 Å². The molecular formula is C16H17BrFN3O. The number of carbonyl (C=O) groups excluding carboxylic acids is 1. The van der Waals surface area contributed by atoms with E-state index in [4.69, 9.17) is 4.98 Å². The van der Waals surface area contributed by atoms with Crippen LogP contribution in [0.2, 0.25) is 0 Å². The topological polar surface area (TPSA) is 38.1 Å². The van der Waals surface area contributed by atoms with Gasteiger partial charge in [-0.05, 0) is 47.1 Å². The second-order valence-electron chi connectivity index (χ2n) is 5.38. The van der Waals surface area contributed by atoms with Gasteiger partial charge in [-0.2, -0.15) is 0 Å². The van der Waals surface area contributed by atoms with Crippen LogP contribution < -0.4 is 0 Å². The largest absolute Gasteiger partial charge is 0.331 e. The van der Waals surface area contributed by atoms with Crippen LogP contribution in [-0.2, 0) is 11.3 Å². The molecule has 1 amide bonds. The number of hydrogen-bond donors (Lipinski definition) is 0. The lowest BCUT2D eigenvalue weighted by atomic mass is 10.2. The van der Waals surface area contributed by atoms with E-state index in [-0.39, 0.29) is 17.8 Å². The molecule has 22 heavy (non-hydrogen) atoms. The highest BCUT2D eigenvalue weighted by molar-refractivity contribution is 9.10. The number of carbonyl (C=O) groups is 1. The molecule has 3 rings (SSSR count). The van der Waals surface area contributed by atoms with Gasteiger partial charge >= 0.3 is 0 Å². The monoisotopic (exact) mass is 365 g/mol. The molecule has 1 aromatic heterocycles. The molecule has 0 saturated carbocycles. The van der Waals surface area contributed by atoms with Gasteiger partial charge in [0.25, 0.3) is 0 Å². The minimum absolute atomic E-state index is 0.0632. The van der Waals surface area contributed by atoms with Gasteiger partial charge < -0.3 is 9.47 Å². The van der Waals surface area contributed by atoms with Gasteiger partial charge in [-0.15, -0.1) is 0 Å². The summed E-state index contributed by atoms with van der Waals surface area (Å²) >= 11 is 3.60. The van der Waals surface area contributed by atoms with E-state index < -0.39 is 0 Å². The molecule has 1 aliphatic rings. The van der Waals surface area contributed by atoms with Gasteiger partial charge in [0.05, 0.1) is 6.04 Å². The summed E-state index contributed by atoms with van der Waals surface area (Å²) in [4.78, 5) is 18.6. The third-order valence-corrected chi connectivity index (χ3v) is 4.89. The molecule has 4 nitrogen and oxygen atoms in total. The molecule has 0 N–H and O–H groups in total. The van der Waals surface area contributed by atoms with E-state index in [0.717, 1.165) is 21.7 Å². The Labute approximate surface area is 137 Å². The van der Waals surface area contributed by atoms with Gasteiger partial charge in [0.2, 0.25) is 5.91 Å². The number of imidazole rings is 1. The summed E-state index contributed by atoms with van der Waals surface area (Å²) in [5.74, 6) is 0.734. The number of rotatable bonds is 2. The smallest absolute Gasteiger partial charge is 0.222 e. The summed E-state index contributed by atoms with van der Waals surface area (Å²) in [6.07, 6.45) is 0.497. The molecule has 1 aliphatic heterocycles. The summed E-state index contributed by atoms with van der Waals surface area (Å²) < 4.78 is 16.1. The Bertz CT molecular complexity index is 711. The zero-order chi connectivity index (χ0) is 15.9. The van der Waals surface area contributed by atoms with Crippen molar-refractivity contribution in [2.24, 2.45) is 0 Å². The molecule has 2 aromatic rings. The number of halogens is 2. The molecule has 0 saturated heterocycles. The quantitative estimate of drug-likeness (QED) is 0.812. The maximum Gasteiger partial charge on any atom is 0.222 e. The van der Waals surface area contributed by atoms with Gasteiger partial charge in [-0.25, -0.2) is 9.37 Å². The van der Waals surface area contributed by atoms with Crippen molar-refractivity contribution in [3.05, 3.63) is 40.5 Å². The Morgan fingerprint density at radius 2 is 2.05 bits per heavy atom. The molecule has 0 unspecified atom stereocenters. The predicted molar refractivity (Wildman–Crippen MR) is 85.7 cm³/mol. The van der Waals surface area contributed by atoms with Crippen molar-refractivity contribution in [2.45, 2.75) is 32.9 Å². The Hall–Kier alpha value is -1.69. The van der Waals surface area contributed by atoms with Crippen LogP contribution in [0.3, 0.4) is 0 Å². The van der Waals surface area contributed by atoms with E-state index >= 15 is 0 Å². The standard InChI is InChI=1S/C16H17BrFN3O/c1-3-13(22)20-8-9-21-15(17)14(19-16(21)10(20)2)11-4-6-12(18)7-5-11/h4-7,10H,3,8-9H2,1-2H3/t10-/m0/s1. The van der Waals surface area contributed by atoms with Gasteiger partial charge in [-0.1, -0.05) is 6.92 Å². The van der Waals surface area contributed by atoms with Crippen molar-refractivity contribution in [3.8, 4) is 11.3 Å². The maximum absolute atomic E-state index is 13.1. The van der Waals surface area contributed by atoms with Crippen molar-refractivity contribution in [1.29, 1.82) is 0 Å². The molecule has 0 spiro atoms. The normalized spacial score (nSPS) is 17.5. The first-order valence-corrected chi connectivity index (χ1v) is 8.13. The first-order valence-electron chi connectivity index (χ1n) is 7.34. The molecule has 6 heteroatoms. The zero-order valence-electron chi connectivity index (χ0n) is 12.5. The van der Waals surface area contributed by atoms with Crippen LogP contribution in [0.25, 0.3) is 11.3 Å². The second-order valence-corrected chi connectivity index (χ2v) is 6.14. The number of benzene rings is 1. The van der Waals surface area contributed by atoms with E-state index in [1.165, 1.54) is 12.1 Å². The summed E-state index contributed by atoms with van der Waals surface area (Å²) in [6, 6.07) is 6.22. The minimum atomic E-state index is -0.267.